The van der Waals surface area contributed by atoms with Crippen molar-refractivity contribution in [2.45, 2.75) is 58.8 Å². The predicted octanol–water partition coefficient (Wildman–Crippen LogP) is 2.55. The number of carbonyl (C=O) groups excluding carboxylic acids is 2. The summed E-state index contributed by atoms with van der Waals surface area (Å²) in [6.45, 7) is 9.20. The molecule has 0 spiro atoms. The van der Waals surface area contributed by atoms with E-state index < -0.39 is 12.0 Å². The number of ether oxygens (including phenoxy) is 3. The maximum atomic E-state index is 11.7. The first-order chi connectivity index (χ1) is 12.5. The number of nitrogens with one attached hydrogen (secondary N) is 1. The number of hydrogen-bond donors (Lipinski definition) is 1. The van der Waals surface area contributed by atoms with Gasteiger partial charge in [-0.05, 0) is 27.2 Å². The van der Waals surface area contributed by atoms with Crippen molar-refractivity contribution in [2.75, 3.05) is 19.8 Å². The first-order valence-electron chi connectivity index (χ1n) is 9.09. The van der Waals surface area contributed by atoms with Crippen LogP contribution < -0.4 is 5.32 Å². The molecule has 1 heterocycles. The second-order valence-corrected chi connectivity index (χ2v) is 6.51. The molecule has 3 atom stereocenters. The highest BCUT2D eigenvalue weighted by Crippen LogP contribution is 2.11. The summed E-state index contributed by atoms with van der Waals surface area (Å²) in [5, 5.41) is 2.39. The summed E-state index contributed by atoms with van der Waals surface area (Å²) in [6, 6.07) is 7.74. The van der Waals surface area contributed by atoms with Crippen molar-refractivity contribution >= 4 is 12.4 Å². The lowest BCUT2D eigenvalue weighted by molar-refractivity contribution is -0.152. The van der Waals surface area contributed by atoms with Crippen molar-refractivity contribution in [3.8, 4) is 0 Å². The van der Waals surface area contributed by atoms with Gasteiger partial charge in [0.05, 0.1) is 19.3 Å². The minimum Gasteiger partial charge on any atom is -0.461 e. The Balaban J connectivity index is 0.000000350. The molecule has 1 aromatic carbocycles. The first kappa shape index (κ1) is 22.1. The van der Waals surface area contributed by atoms with Crippen LogP contribution in [-0.2, 0) is 23.8 Å². The number of esters is 1. The average molecular weight is 365 g/mol. The van der Waals surface area contributed by atoms with Crippen LogP contribution in [0.1, 0.15) is 37.8 Å². The van der Waals surface area contributed by atoms with Crippen LogP contribution in [0.25, 0.3) is 0 Å². The minimum absolute atomic E-state index is 0.0808. The summed E-state index contributed by atoms with van der Waals surface area (Å²) >= 11 is 0. The fraction of sp³-hybridized carbons (Fsp3) is 0.600. The Morgan fingerprint density at radius 3 is 2.35 bits per heavy atom. The summed E-state index contributed by atoms with van der Waals surface area (Å²) < 4.78 is 16.2. The van der Waals surface area contributed by atoms with Crippen LogP contribution in [0.5, 0.6) is 0 Å². The molecule has 1 aliphatic rings. The van der Waals surface area contributed by atoms with E-state index in [0.717, 1.165) is 6.42 Å². The topological polar surface area (TPSA) is 73.9 Å². The van der Waals surface area contributed by atoms with Crippen LogP contribution in [0.4, 0.5) is 0 Å². The number of benzene rings is 1. The molecule has 0 saturated carbocycles. The van der Waals surface area contributed by atoms with Crippen LogP contribution in [0.15, 0.2) is 24.3 Å². The highest BCUT2D eigenvalue weighted by atomic mass is 16.6. The molecule has 1 fully saturated rings. The molecule has 0 radical (unpaired) electrons. The first-order valence-corrected chi connectivity index (χ1v) is 9.09. The van der Waals surface area contributed by atoms with E-state index in [1.165, 1.54) is 11.1 Å². The Hall–Kier alpha value is -1.92. The van der Waals surface area contributed by atoms with E-state index in [-0.39, 0.29) is 18.8 Å². The summed E-state index contributed by atoms with van der Waals surface area (Å²) in [5.74, 6) is -0.467. The number of amides is 1. The fourth-order valence-corrected chi connectivity index (χ4v) is 2.39. The molecule has 0 aliphatic carbocycles. The van der Waals surface area contributed by atoms with Gasteiger partial charge in [0.15, 0.2) is 6.04 Å². The van der Waals surface area contributed by atoms with Gasteiger partial charge in [-0.3, -0.25) is 4.79 Å². The molecule has 1 aromatic rings. The molecule has 1 amide bonds. The molecule has 146 valence electrons. The fourth-order valence-electron chi connectivity index (χ4n) is 2.39. The molecular weight excluding hydrogens is 334 g/mol. The Kier molecular flexibility index (Phi) is 10.6. The number of cyclic esters (lactones) is 1. The van der Waals surface area contributed by atoms with Gasteiger partial charge in [-0.25, -0.2) is 4.79 Å². The molecule has 6 nitrogen and oxygen atoms in total. The van der Waals surface area contributed by atoms with E-state index in [4.69, 9.17) is 14.2 Å². The third-order valence-electron chi connectivity index (χ3n) is 3.83. The molecule has 26 heavy (non-hydrogen) atoms. The lowest BCUT2D eigenvalue weighted by Crippen LogP contribution is -2.41. The standard InChI is InChI=1S/C12H21NO5.C8H10/c1-3-4-17-10-5-9(2)18-12(15)11(13-8-14)7-16-6-10;1-7-3-5-8(2)6-4-7/h8-11H,3-7H2,1-2H3,(H,13,14);3-6H,1-2H3/t9?,10?,11-;/m0./s1. The number of rotatable bonds is 5. The van der Waals surface area contributed by atoms with Gasteiger partial charge in [0, 0.05) is 13.0 Å². The van der Waals surface area contributed by atoms with Gasteiger partial charge in [-0.15, -0.1) is 0 Å². The van der Waals surface area contributed by atoms with Gasteiger partial charge in [-0.1, -0.05) is 42.3 Å². The molecule has 1 aliphatic heterocycles. The van der Waals surface area contributed by atoms with Crippen LogP contribution in [-0.4, -0.2) is 50.4 Å². The van der Waals surface area contributed by atoms with Gasteiger partial charge in [0.2, 0.25) is 6.41 Å². The average Bonchev–Trinajstić information content (AvgIpc) is 2.67. The minimum atomic E-state index is -0.741. The zero-order chi connectivity index (χ0) is 19.4. The quantitative estimate of drug-likeness (QED) is 0.641. The third kappa shape index (κ3) is 8.97. The zero-order valence-corrected chi connectivity index (χ0v) is 16.2. The third-order valence-corrected chi connectivity index (χ3v) is 3.83. The van der Waals surface area contributed by atoms with E-state index in [0.29, 0.717) is 26.0 Å². The molecule has 0 aromatic heterocycles. The monoisotopic (exact) mass is 365 g/mol. The van der Waals surface area contributed by atoms with E-state index in [1.807, 2.05) is 13.8 Å². The molecule has 1 N–H and O–H groups in total. The van der Waals surface area contributed by atoms with Gasteiger partial charge in [0.1, 0.15) is 6.10 Å². The van der Waals surface area contributed by atoms with Crippen LogP contribution >= 0.6 is 0 Å². The Morgan fingerprint density at radius 1 is 1.19 bits per heavy atom. The van der Waals surface area contributed by atoms with E-state index in [2.05, 4.69) is 43.4 Å². The van der Waals surface area contributed by atoms with Crippen molar-refractivity contribution in [2.24, 2.45) is 0 Å². The van der Waals surface area contributed by atoms with Crippen molar-refractivity contribution in [1.82, 2.24) is 5.32 Å². The van der Waals surface area contributed by atoms with Crippen molar-refractivity contribution in [3.63, 3.8) is 0 Å². The Morgan fingerprint density at radius 2 is 1.81 bits per heavy atom. The van der Waals surface area contributed by atoms with E-state index in [1.54, 1.807) is 0 Å². The smallest absolute Gasteiger partial charge is 0.331 e. The van der Waals surface area contributed by atoms with Crippen LogP contribution in [0.3, 0.4) is 0 Å². The SMILES string of the molecule is CCCOC1COC[C@H](NC=O)C(=O)OC(C)C1.Cc1ccc(C)cc1. The molecule has 1 saturated heterocycles. The van der Waals surface area contributed by atoms with Crippen molar-refractivity contribution in [3.05, 3.63) is 35.4 Å². The largest absolute Gasteiger partial charge is 0.461 e. The molecule has 6 heteroatoms. The second kappa shape index (κ2) is 12.4. The summed E-state index contributed by atoms with van der Waals surface area (Å²) in [6.07, 6.45) is 1.67. The molecule has 2 rings (SSSR count). The van der Waals surface area contributed by atoms with Crippen LogP contribution in [0, 0.1) is 13.8 Å². The number of hydrogen-bond acceptors (Lipinski definition) is 5. The van der Waals surface area contributed by atoms with Crippen LogP contribution in [0.2, 0.25) is 0 Å². The summed E-state index contributed by atoms with van der Waals surface area (Å²) in [4.78, 5) is 22.1. The summed E-state index contributed by atoms with van der Waals surface area (Å²) in [7, 11) is 0. The Labute approximate surface area is 156 Å². The maximum absolute atomic E-state index is 11.7. The zero-order valence-electron chi connectivity index (χ0n) is 16.2. The summed E-state index contributed by atoms with van der Waals surface area (Å²) in [5.41, 5.74) is 2.66. The highest BCUT2D eigenvalue weighted by molar-refractivity contribution is 5.78. The highest BCUT2D eigenvalue weighted by Gasteiger charge is 2.26. The molecule has 2 unspecified atom stereocenters. The maximum Gasteiger partial charge on any atom is 0.331 e. The second-order valence-electron chi connectivity index (χ2n) is 6.51. The van der Waals surface area contributed by atoms with Gasteiger partial charge < -0.3 is 19.5 Å². The molecular formula is C20H31NO5. The number of aryl methyl sites for hydroxylation is 2. The molecule has 0 bridgehead atoms. The van der Waals surface area contributed by atoms with E-state index in [9.17, 15) is 9.59 Å². The van der Waals surface area contributed by atoms with Crippen molar-refractivity contribution in [1.29, 1.82) is 0 Å². The lowest BCUT2D eigenvalue weighted by Gasteiger charge is -2.19. The van der Waals surface area contributed by atoms with Gasteiger partial charge in [0.25, 0.3) is 0 Å². The van der Waals surface area contributed by atoms with E-state index >= 15 is 0 Å². The van der Waals surface area contributed by atoms with Gasteiger partial charge >= 0.3 is 5.97 Å². The predicted molar refractivity (Wildman–Crippen MR) is 99.9 cm³/mol. The normalized spacial score (nSPS) is 23.4. The Bertz CT molecular complexity index is 511. The lowest BCUT2D eigenvalue weighted by atomic mass is 10.2. The van der Waals surface area contributed by atoms with Crippen molar-refractivity contribution < 1.29 is 23.8 Å². The number of carbonyl (C=O) groups is 2. The van der Waals surface area contributed by atoms with Gasteiger partial charge in [-0.2, -0.15) is 0 Å².